The van der Waals surface area contributed by atoms with Crippen molar-refractivity contribution in [2.24, 2.45) is 0 Å². The van der Waals surface area contributed by atoms with Gasteiger partial charge in [-0.2, -0.15) is 0 Å². The van der Waals surface area contributed by atoms with Crippen LogP contribution in [0.2, 0.25) is 0 Å². The van der Waals surface area contributed by atoms with Gasteiger partial charge in [-0.25, -0.2) is 0 Å². The van der Waals surface area contributed by atoms with Crippen LogP contribution in [0.15, 0.2) is 47.1 Å². The number of hydrogen-bond acceptors (Lipinski definition) is 3. The molecule has 0 aliphatic carbocycles. The predicted octanol–water partition coefficient (Wildman–Crippen LogP) is 6.44. The summed E-state index contributed by atoms with van der Waals surface area (Å²) in [6.07, 6.45) is 6.78. The maximum Gasteiger partial charge on any atom is 0.248 e. The van der Waals surface area contributed by atoms with Crippen LogP contribution in [0.25, 0.3) is 16.5 Å². The summed E-state index contributed by atoms with van der Waals surface area (Å²) < 4.78 is 11.3. The third-order valence-electron chi connectivity index (χ3n) is 5.25. The molecule has 1 heterocycles. The molecule has 1 amide bonds. The molecule has 2 aromatic carbocycles. The zero-order chi connectivity index (χ0) is 21.0. The smallest absolute Gasteiger partial charge is 0.248 e. The molecular formula is C25H29NO3. The largest absolute Gasteiger partial charge is 0.496 e. The summed E-state index contributed by atoms with van der Waals surface area (Å²) >= 11 is 0. The fraction of sp³-hybridized carbons (Fsp3) is 0.320. The quantitative estimate of drug-likeness (QED) is 0.471. The second kappa shape index (κ2) is 8.99. The Balaban J connectivity index is 1.83. The van der Waals surface area contributed by atoms with E-state index in [0.717, 1.165) is 51.1 Å². The number of fused-ring (bicyclic) bond motifs is 1. The standard InChI is InChI=1S/C25H29NO3/c1-6-7-8-19-9-11-20(12-10-19)26-23(27)13-16(2)21-14-22-17(3)15-29-25(22)18(4)24(21)28-5/h9-15H,6-8H2,1-5H3,(H,26,27)/b16-13+. The maximum absolute atomic E-state index is 12.6. The number of hydrogen-bond donors (Lipinski definition) is 1. The number of allylic oxidation sites excluding steroid dienone is 1. The van der Waals surface area contributed by atoms with E-state index in [0.29, 0.717) is 0 Å². The van der Waals surface area contributed by atoms with Crippen molar-refractivity contribution < 1.29 is 13.9 Å². The second-order valence-corrected chi connectivity index (χ2v) is 7.49. The third kappa shape index (κ3) is 4.53. The molecule has 3 rings (SSSR count). The van der Waals surface area contributed by atoms with E-state index in [2.05, 4.69) is 24.4 Å². The first-order valence-electron chi connectivity index (χ1n) is 10.1. The highest BCUT2D eigenvalue weighted by Gasteiger charge is 2.16. The number of carbonyl (C=O) groups is 1. The van der Waals surface area contributed by atoms with Crippen molar-refractivity contribution in [3.05, 3.63) is 64.9 Å². The SMILES string of the molecule is CCCCc1ccc(NC(=O)/C=C(\C)c2cc3c(C)coc3c(C)c2OC)cc1. The van der Waals surface area contributed by atoms with Crippen molar-refractivity contribution in [1.82, 2.24) is 0 Å². The number of amides is 1. The third-order valence-corrected chi connectivity index (χ3v) is 5.25. The summed E-state index contributed by atoms with van der Waals surface area (Å²) in [5.74, 6) is 0.571. The van der Waals surface area contributed by atoms with Gasteiger partial charge in [-0.05, 0) is 68.5 Å². The lowest BCUT2D eigenvalue weighted by atomic mass is 9.98. The normalized spacial score (nSPS) is 11.7. The molecule has 4 nitrogen and oxygen atoms in total. The Morgan fingerprint density at radius 3 is 2.59 bits per heavy atom. The fourth-order valence-corrected chi connectivity index (χ4v) is 3.58. The van der Waals surface area contributed by atoms with Gasteiger partial charge in [0.2, 0.25) is 5.91 Å². The molecule has 29 heavy (non-hydrogen) atoms. The van der Waals surface area contributed by atoms with Gasteiger partial charge in [-0.3, -0.25) is 4.79 Å². The Bertz CT molecular complexity index is 1040. The van der Waals surface area contributed by atoms with Gasteiger partial charge in [0, 0.05) is 28.3 Å². The van der Waals surface area contributed by atoms with Gasteiger partial charge in [-0.15, -0.1) is 0 Å². The van der Waals surface area contributed by atoms with Gasteiger partial charge < -0.3 is 14.5 Å². The van der Waals surface area contributed by atoms with Crippen molar-refractivity contribution >= 4 is 28.1 Å². The van der Waals surface area contributed by atoms with Crippen LogP contribution in [-0.2, 0) is 11.2 Å². The molecule has 0 radical (unpaired) electrons. The Kier molecular flexibility index (Phi) is 6.42. The molecule has 152 valence electrons. The highest BCUT2D eigenvalue weighted by Crippen LogP contribution is 2.37. The van der Waals surface area contributed by atoms with E-state index >= 15 is 0 Å². The van der Waals surface area contributed by atoms with Crippen molar-refractivity contribution in [3.63, 3.8) is 0 Å². The summed E-state index contributed by atoms with van der Waals surface area (Å²) in [4.78, 5) is 12.6. The molecule has 0 aliphatic rings. The van der Waals surface area contributed by atoms with Crippen LogP contribution in [0.3, 0.4) is 0 Å². The Hall–Kier alpha value is -3.01. The predicted molar refractivity (Wildman–Crippen MR) is 120 cm³/mol. The molecule has 1 N–H and O–H groups in total. The molecule has 0 saturated heterocycles. The van der Waals surface area contributed by atoms with E-state index in [1.165, 1.54) is 18.4 Å². The minimum Gasteiger partial charge on any atom is -0.496 e. The monoisotopic (exact) mass is 391 g/mol. The number of benzene rings is 2. The molecule has 0 aliphatic heterocycles. The lowest BCUT2D eigenvalue weighted by Crippen LogP contribution is -2.08. The Morgan fingerprint density at radius 1 is 1.21 bits per heavy atom. The number of rotatable bonds is 7. The van der Waals surface area contributed by atoms with Crippen molar-refractivity contribution in [3.8, 4) is 5.75 Å². The Morgan fingerprint density at radius 2 is 1.93 bits per heavy atom. The maximum atomic E-state index is 12.6. The topological polar surface area (TPSA) is 51.5 Å². The summed E-state index contributed by atoms with van der Waals surface area (Å²) in [5.41, 5.74) is 6.64. The van der Waals surface area contributed by atoms with Crippen molar-refractivity contribution in [1.29, 1.82) is 0 Å². The van der Waals surface area contributed by atoms with Crippen LogP contribution in [0.4, 0.5) is 5.69 Å². The van der Waals surface area contributed by atoms with E-state index in [4.69, 9.17) is 9.15 Å². The van der Waals surface area contributed by atoms with Crippen LogP contribution < -0.4 is 10.1 Å². The minimum atomic E-state index is -0.160. The van der Waals surface area contributed by atoms with Gasteiger partial charge in [0.1, 0.15) is 11.3 Å². The fourth-order valence-electron chi connectivity index (χ4n) is 3.58. The molecule has 0 fully saturated rings. The van der Waals surface area contributed by atoms with Crippen LogP contribution in [0.5, 0.6) is 5.75 Å². The second-order valence-electron chi connectivity index (χ2n) is 7.49. The molecule has 4 heteroatoms. The first-order chi connectivity index (χ1) is 13.9. The van der Waals surface area contributed by atoms with Crippen LogP contribution in [0, 0.1) is 13.8 Å². The van der Waals surface area contributed by atoms with Crippen LogP contribution in [-0.4, -0.2) is 13.0 Å². The highest BCUT2D eigenvalue weighted by atomic mass is 16.5. The first-order valence-corrected chi connectivity index (χ1v) is 10.1. The van der Waals surface area contributed by atoms with E-state index in [9.17, 15) is 4.79 Å². The highest BCUT2D eigenvalue weighted by molar-refractivity contribution is 6.05. The summed E-state index contributed by atoms with van der Waals surface area (Å²) in [5, 5.41) is 3.98. The summed E-state index contributed by atoms with van der Waals surface area (Å²) in [6, 6.07) is 10.1. The number of anilines is 1. The number of carbonyl (C=O) groups excluding carboxylic acids is 1. The lowest BCUT2D eigenvalue weighted by molar-refractivity contribution is -0.111. The van der Waals surface area contributed by atoms with Gasteiger partial charge in [0.25, 0.3) is 0 Å². The van der Waals surface area contributed by atoms with Crippen molar-refractivity contribution in [2.45, 2.75) is 47.0 Å². The summed E-state index contributed by atoms with van der Waals surface area (Å²) in [6.45, 7) is 8.09. The summed E-state index contributed by atoms with van der Waals surface area (Å²) in [7, 11) is 1.64. The molecule has 0 saturated carbocycles. The van der Waals surface area contributed by atoms with E-state index < -0.39 is 0 Å². The molecule has 1 aromatic heterocycles. The van der Waals surface area contributed by atoms with E-state index in [-0.39, 0.29) is 5.91 Å². The number of ether oxygens (including phenoxy) is 1. The zero-order valence-electron chi connectivity index (χ0n) is 17.9. The number of furan rings is 1. The average molecular weight is 392 g/mol. The van der Waals surface area contributed by atoms with E-state index in [1.54, 1.807) is 19.4 Å². The lowest BCUT2D eigenvalue weighted by Gasteiger charge is -2.13. The van der Waals surface area contributed by atoms with Gasteiger partial charge in [0.15, 0.2) is 0 Å². The molecular weight excluding hydrogens is 362 g/mol. The molecule has 3 aromatic rings. The molecule has 0 atom stereocenters. The van der Waals surface area contributed by atoms with Crippen molar-refractivity contribution in [2.75, 3.05) is 12.4 Å². The number of unbranched alkanes of at least 4 members (excludes halogenated alkanes) is 1. The minimum absolute atomic E-state index is 0.160. The van der Waals surface area contributed by atoms with E-state index in [1.807, 2.05) is 39.0 Å². The van der Waals surface area contributed by atoms with Crippen LogP contribution >= 0.6 is 0 Å². The van der Waals surface area contributed by atoms with Gasteiger partial charge in [0.05, 0.1) is 13.4 Å². The van der Waals surface area contributed by atoms with Crippen LogP contribution in [0.1, 0.15) is 48.9 Å². The zero-order valence-corrected chi connectivity index (χ0v) is 17.9. The number of nitrogens with one attached hydrogen (secondary N) is 1. The first kappa shape index (κ1) is 20.7. The Labute approximate surface area is 172 Å². The average Bonchev–Trinajstić information content (AvgIpc) is 3.08. The number of methoxy groups -OCH3 is 1. The van der Waals surface area contributed by atoms with Gasteiger partial charge >= 0.3 is 0 Å². The van der Waals surface area contributed by atoms with Gasteiger partial charge in [-0.1, -0.05) is 25.5 Å². The molecule has 0 spiro atoms. The molecule has 0 unspecified atom stereocenters. The molecule has 0 bridgehead atoms. The number of aryl methyl sites for hydroxylation is 3.